The maximum absolute atomic E-state index is 14.6. The van der Waals surface area contributed by atoms with Gasteiger partial charge in [0.1, 0.15) is 17.9 Å². The van der Waals surface area contributed by atoms with E-state index in [1.54, 1.807) is 19.2 Å². The Morgan fingerprint density at radius 3 is 2.65 bits per heavy atom. The summed E-state index contributed by atoms with van der Waals surface area (Å²) in [6, 6.07) is 5.03. The number of ketones is 1. The molecule has 37 heavy (non-hydrogen) atoms. The van der Waals surface area contributed by atoms with Gasteiger partial charge < -0.3 is 10.2 Å². The van der Waals surface area contributed by atoms with E-state index in [2.05, 4.69) is 25.2 Å². The Hall–Kier alpha value is -3.47. The summed E-state index contributed by atoms with van der Waals surface area (Å²) >= 11 is 0. The summed E-state index contributed by atoms with van der Waals surface area (Å²) in [6.45, 7) is 4.50. The maximum Gasteiger partial charge on any atom is 0.266 e. The second kappa shape index (κ2) is 10.5. The lowest BCUT2D eigenvalue weighted by Crippen LogP contribution is -2.48. The number of amides is 1. The first kappa shape index (κ1) is 25.2. The number of hydrogen-bond donors (Lipinski definition) is 1. The van der Waals surface area contributed by atoms with Crippen LogP contribution in [0.3, 0.4) is 0 Å². The van der Waals surface area contributed by atoms with Crippen LogP contribution >= 0.6 is 0 Å². The lowest BCUT2D eigenvalue weighted by Gasteiger charge is -2.40. The van der Waals surface area contributed by atoms with Crippen LogP contribution in [-0.2, 0) is 4.79 Å². The average molecular weight is 515 g/mol. The number of nitrogens with one attached hydrogen (secondary N) is 1. The van der Waals surface area contributed by atoms with Gasteiger partial charge in [-0.3, -0.25) is 14.5 Å². The predicted molar refractivity (Wildman–Crippen MR) is 131 cm³/mol. The number of aromatic nitrogens is 3. The zero-order valence-corrected chi connectivity index (χ0v) is 20.5. The molecule has 0 spiro atoms. The van der Waals surface area contributed by atoms with Crippen LogP contribution in [0, 0.1) is 5.82 Å². The highest BCUT2D eigenvalue weighted by Crippen LogP contribution is 2.29. The molecule has 4 heterocycles. The number of halogens is 3. The zero-order valence-electron chi connectivity index (χ0n) is 20.5. The van der Waals surface area contributed by atoms with Crippen LogP contribution in [0.4, 0.5) is 18.9 Å². The molecule has 196 valence electrons. The molecule has 0 bridgehead atoms. The van der Waals surface area contributed by atoms with Gasteiger partial charge in [-0.15, -0.1) is 0 Å². The van der Waals surface area contributed by atoms with Crippen LogP contribution < -0.4 is 10.2 Å². The van der Waals surface area contributed by atoms with Gasteiger partial charge in [-0.1, -0.05) is 18.2 Å². The van der Waals surface area contributed by atoms with Crippen LogP contribution in [0.1, 0.15) is 66.6 Å². The standard InChI is InChI=1S/C26H29F3N6O2/c1-16(20-5-2-6-21(23(20)27)24(28)29)32-26(37)17-12-22(25-30-15-31-35(25)13-17)33-10-7-18(8-11-33)34-9-3-4-19(36)14-34/h2,5-6,12-13,15-16,18,24H,3-4,7-11,14H2,1H3,(H,32,37)/t16-/m1/s1. The molecule has 1 amide bonds. The van der Waals surface area contributed by atoms with Gasteiger partial charge in [-0.2, -0.15) is 5.10 Å². The SMILES string of the molecule is C[C@@H](NC(=O)c1cc(N2CCC(N3CCCC(=O)C3)CC2)c2ncnn2c1)c1cccc(C(F)F)c1F. The summed E-state index contributed by atoms with van der Waals surface area (Å²) in [4.78, 5) is 33.8. The van der Waals surface area contributed by atoms with Crippen molar-refractivity contribution in [2.24, 2.45) is 0 Å². The summed E-state index contributed by atoms with van der Waals surface area (Å²) in [6.07, 6.45) is 3.37. The first-order valence-electron chi connectivity index (χ1n) is 12.5. The van der Waals surface area contributed by atoms with Crippen LogP contribution in [-0.4, -0.2) is 63.4 Å². The second-order valence-corrected chi connectivity index (χ2v) is 9.72. The molecule has 1 atom stereocenters. The smallest absolute Gasteiger partial charge is 0.266 e. The van der Waals surface area contributed by atoms with E-state index in [-0.39, 0.29) is 5.56 Å². The summed E-state index contributed by atoms with van der Waals surface area (Å²) in [5.74, 6) is -1.20. The van der Waals surface area contributed by atoms with E-state index >= 15 is 0 Å². The predicted octanol–water partition coefficient (Wildman–Crippen LogP) is 3.93. The molecular formula is C26H29F3N6O2. The van der Waals surface area contributed by atoms with E-state index in [0.717, 1.165) is 50.7 Å². The molecule has 5 rings (SSSR count). The lowest BCUT2D eigenvalue weighted by molar-refractivity contribution is -0.123. The highest BCUT2D eigenvalue weighted by Gasteiger charge is 2.29. The second-order valence-electron chi connectivity index (χ2n) is 9.72. The number of pyridine rings is 1. The summed E-state index contributed by atoms with van der Waals surface area (Å²) in [7, 11) is 0. The Labute approximate surface area is 212 Å². The number of benzene rings is 1. The van der Waals surface area contributed by atoms with E-state index < -0.39 is 29.8 Å². The van der Waals surface area contributed by atoms with Crippen molar-refractivity contribution in [1.82, 2.24) is 24.8 Å². The summed E-state index contributed by atoms with van der Waals surface area (Å²) < 4.78 is 42.4. The van der Waals surface area contributed by atoms with Crippen LogP contribution in [0.25, 0.3) is 5.65 Å². The molecule has 1 aromatic carbocycles. The number of hydrogen-bond acceptors (Lipinski definition) is 6. The fraction of sp³-hybridized carbons (Fsp3) is 0.462. The van der Waals surface area contributed by atoms with Crippen molar-refractivity contribution in [3.63, 3.8) is 0 Å². The van der Waals surface area contributed by atoms with Crippen molar-refractivity contribution < 1.29 is 22.8 Å². The van der Waals surface area contributed by atoms with E-state index in [1.165, 1.54) is 23.0 Å². The number of alkyl halides is 2. The van der Waals surface area contributed by atoms with Crippen molar-refractivity contribution in [3.8, 4) is 0 Å². The number of carbonyl (C=O) groups is 2. The number of rotatable bonds is 6. The van der Waals surface area contributed by atoms with E-state index in [0.29, 0.717) is 36.0 Å². The van der Waals surface area contributed by atoms with E-state index in [9.17, 15) is 22.8 Å². The van der Waals surface area contributed by atoms with Gasteiger partial charge in [-0.25, -0.2) is 22.7 Å². The van der Waals surface area contributed by atoms with Gasteiger partial charge in [0, 0.05) is 37.3 Å². The minimum atomic E-state index is -2.94. The molecule has 1 N–H and O–H groups in total. The van der Waals surface area contributed by atoms with Gasteiger partial charge in [0.15, 0.2) is 5.65 Å². The topological polar surface area (TPSA) is 82.8 Å². The molecule has 2 fully saturated rings. The van der Waals surface area contributed by atoms with Crippen LogP contribution in [0.15, 0.2) is 36.8 Å². The minimum Gasteiger partial charge on any atom is -0.368 e. The third-order valence-electron chi connectivity index (χ3n) is 7.33. The Kier molecular flexibility index (Phi) is 7.14. The highest BCUT2D eigenvalue weighted by molar-refractivity contribution is 5.96. The molecule has 2 aromatic heterocycles. The number of Topliss-reactive ketones (excluding diaryl/α,β-unsaturated/α-hetero) is 1. The summed E-state index contributed by atoms with van der Waals surface area (Å²) in [5.41, 5.74) is 0.978. The van der Waals surface area contributed by atoms with E-state index in [1.807, 2.05) is 0 Å². The van der Waals surface area contributed by atoms with Crippen molar-refractivity contribution in [2.75, 3.05) is 31.1 Å². The number of piperidine rings is 2. The van der Waals surface area contributed by atoms with Crippen LogP contribution in [0.2, 0.25) is 0 Å². The van der Waals surface area contributed by atoms with Crippen molar-refractivity contribution in [2.45, 2.75) is 51.1 Å². The number of likely N-dealkylation sites (tertiary alicyclic amines) is 1. The molecule has 2 saturated heterocycles. The molecule has 8 nitrogen and oxygen atoms in total. The van der Waals surface area contributed by atoms with Gasteiger partial charge >= 0.3 is 0 Å². The molecule has 2 aliphatic heterocycles. The zero-order chi connectivity index (χ0) is 26.1. The fourth-order valence-corrected chi connectivity index (χ4v) is 5.34. The quantitative estimate of drug-likeness (QED) is 0.537. The van der Waals surface area contributed by atoms with Gasteiger partial charge in [-0.05, 0) is 38.8 Å². The first-order valence-corrected chi connectivity index (χ1v) is 12.5. The highest BCUT2D eigenvalue weighted by atomic mass is 19.3. The largest absolute Gasteiger partial charge is 0.368 e. The number of nitrogens with zero attached hydrogens (tertiary/aromatic N) is 5. The Bertz CT molecular complexity index is 1300. The first-order chi connectivity index (χ1) is 17.8. The van der Waals surface area contributed by atoms with Crippen molar-refractivity contribution in [3.05, 3.63) is 59.3 Å². The van der Waals surface area contributed by atoms with Gasteiger partial charge in [0.2, 0.25) is 0 Å². The van der Waals surface area contributed by atoms with Gasteiger partial charge in [0.05, 0.1) is 29.4 Å². The Balaban J connectivity index is 1.33. The molecule has 3 aromatic rings. The van der Waals surface area contributed by atoms with Gasteiger partial charge in [0.25, 0.3) is 12.3 Å². The Morgan fingerprint density at radius 2 is 1.92 bits per heavy atom. The molecule has 0 unspecified atom stereocenters. The van der Waals surface area contributed by atoms with E-state index in [4.69, 9.17) is 0 Å². The number of fused-ring (bicyclic) bond motifs is 1. The molecule has 0 radical (unpaired) electrons. The number of anilines is 1. The lowest BCUT2D eigenvalue weighted by atomic mass is 9.99. The van der Waals surface area contributed by atoms with Crippen molar-refractivity contribution >= 4 is 23.0 Å². The summed E-state index contributed by atoms with van der Waals surface area (Å²) in [5, 5.41) is 6.92. The number of carbonyl (C=O) groups excluding carboxylic acids is 2. The monoisotopic (exact) mass is 514 g/mol. The molecule has 0 saturated carbocycles. The Morgan fingerprint density at radius 1 is 1.16 bits per heavy atom. The average Bonchev–Trinajstić information content (AvgIpc) is 3.37. The minimum absolute atomic E-state index is 0.00789. The third-order valence-corrected chi connectivity index (χ3v) is 7.33. The molecule has 2 aliphatic rings. The molecule has 11 heteroatoms. The normalized spacial score (nSPS) is 18.5. The molecule has 0 aliphatic carbocycles. The van der Waals surface area contributed by atoms with Crippen LogP contribution in [0.5, 0.6) is 0 Å². The van der Waals surface area contributed by atoms with Crippen molar-refractivity contribution in [1.29, 1.82) is 0 Å². The molecular weight excluding hydrogens is 485 g/mol. The third kappa shape index (κ3) is 5.18. The fourth-order valence-electron chi connectivity index (χ4n) is 5.34. The maximum atomic E-state index is 14.6.